The summed E-state index contributed by atoms with van der Waals surface area (Å²) in [6, 6.07) is 8.78. The quantitative estimate of drug-likeness (QED) is 0.443. The van der Waals surface area contributed by atoms with E-state index in [1.807, 2.05) is 0 Å². The molecule has 0 fully saturated rings. The van der Waals surface area contributed by atoms with Gasteiger partial charge in [-0.15, -0.1) is 0 Å². The van der Waals surface area contributed by atoms with Crippen molar-refractivity contribution in [1.82, 2.24) is 0 Å². The van der Waals surface area contributed by atoms with Gasteiger partial charge in [-0.25, -0.2) is 4.79 Å². The lowest BCUT2D eigenvalue weighted by Crippen LogP contribution is -2.09. The maximum Gasteiger partial charge on any atom is 0.416 e. The van der Waals surface area contributed by atoms with E-state index in [1.54, 1.807) is 12.1 Å². The molecule has 0 aliphatic carbocycles. The Morgan fingerprint density at radius 1 is 0.933 bits per heavy atom. The van der Waals surface area contributed by atoms with E-state index in [9.17, 15) is 43.3 Å². The highest BCUT2D eigenvalue weighted by Crippen LogP contribution is 2.46. The number of nitro groups is 2. The first-order valence-electron chi connectivity index (χ1n) is 7.97. The summed E-state index contributed by atoms with van der Waals surface area (Å²) in [5.74, 6) is -3.10. The van der Waals surface area contributed by atoms with E-state index in [0.717, 1.165) is 6.07 Å². The normalized spacial score (nSPS) is 11.3. The summed E-state index contributed by atoms with van der Waals surface area (Å²) in [4.78, 5) is 31.8. The highest BCUT2D eigenvalue weighted by Gasteiger charge is 2.39. The van der Waals surface area contributed by atoms with E-state index >= 15 is 0 Å². The van der Waals surface area contributed by atoms with Crippen molar-refractivity contribution in [3.63, 3.8) is 0 Å². The summed E-state index contributed by atoms with van der Waals surface area (Å²) >= 11 is 0. The van der Waals surface area contributed by atoms with E-state index in [2.05, 4.69) is 0 Å². The molecular weight excluding hydrogens is 413 g/mol. The van der Waals surface area contributed by atoms with Crippen LogP contribution in [-0.4, -0.2) is 20.9 Å². The zero-order valence-corrected chi connectivity index (χ0v) is 14.5. The molecule has 0 aromatic heterocycles. The van der Waals surface area contributed by atoms with Crippen LogP contribution in [0.15, 0.2) is 48.5 Å². The van der Waals surface area contributed by atoms with E-state index in [0.29, 0.717) is 5.39 Å². The van der Waals surface area contributed by atoms with Gasteiger partial charge >= 0.3 is 23.5 Å². The Balaban J connectivity index is 2.35. The minimum absolute atomic E-state index is 0.0912. The van der Waals surface area contributed by atoms with Gasteiger partial charge in [0, 0.05) is 17.5 Å². The maximum absolute atomic E-state index is 13.0. The lowest BCUT2D eigenvalue weighted by Gasteiger charge is -2.14. The Labute approximate surface area is 164 Å². The third-order valence-corrected chi connectivity index (χ3v) is 4.08. The van der Waals surface area contributed by atoms with Gasteiger partial charge in [0.2, 0.25) is 0 Å². The van der Waals surface area contributed by atoms with Crippen LogP contribution in [0.25, 0.3) is 10.8 Å². The van der Waals surface area contributed by atoms with Crippen molar-refractivity contribution in [2.75, 3.05) is 0 Å². The fraction of sp³-hybridized carbons (Fsp3) is 0.0556. The minimum Gasteiger partial charge on any atom is -0.478 e. The van der Waals surface area contributed by atoms with Crippen molar-refractivity contribution in [2.24, 2.45) is 0 Å². The maximum atomic E-state index is 13.0. The van der Waals surface area contributed by atoms with Gasteiger partial charge in [0.05, 0.1) is 15.4 Å². The first kappa shape index (κ1) is 20.5. The van der Waals surface area contributed by atoms with E-state index < -0.39 is 56.0 Å². The lowest BCUT2D eigenvalue weighted by atomic mass is 10.0. The Kier molecular flexibility index (Phi) is 5.00. The number of benzene rings is 3. The monoisotopic (exact) mass is 422 g/mol. The predicted octanol–water partition coefficient (Wildman–Crippen LogP) is 5.17. The molecule has 3 rings (SSSR count). The second-order valence-corrected chi connectivity index (χ2v) is 5.93. The van der Waals surface area contributed by atoms with Crippen LogP contribution >= 0.6 is 0 Å². The predicted molar refractivity (Wildman–Crippen MR) is 95.7 cm³/mol. The first-order chi connectivity index (χ1) is 14.0. The topological polar surface area (TPSA) is 133 Å². The van der Waals surface area contributed by atoms with Gasteiger partial charge in [-0.1, -0.05) is 30.3 Å². The van der Waals surface area contributed by atoms with Crippen molar-refractivity contribution in [3.05, 3.63) is 79.9 Å². The first-order valence-corrected chi connectivity index (χ1v) is 7.97. The summed E-state index contributed by atoms with van der Waals surface area (Å²) in [5, 5.41) is 32.7. The number of hydrogen-bond acceptors (Lipinski definition) is 6. The Hall–Kier alpha value is -4.22. The van der Waals surface area contributed by atoms with Crippen LogP contribution in [0.5, 0.6) is 11.5 Å². The van der Waals surface area contributed by atoms with Gasteiger partial charge < -0.3 is 9.84 Å². The molecule has 0 saturated heterocycles. The number of hydrogen-bond donors (Lipinski definition) is 1. The molecule has 0 spiro atoms. The van der Waals surface area contributed by atoms with Gasteiger partial charge in [-0.05, 0) is 11.5 Å². The second-order valence-electron chi connectivity index (χ2n) is 5.93. The molecule has 0 heterocycles. The molecule has 9 nitrogen and oxygen atoms in total. The standard InChI is InChI=1S/C18H9F3N2O7/c19-18(20,21)10-7-13(22(26)27)16(14(8-10)23(28)29)30-15-11-4-2-1-3-9(11)5-6-12(15)17(24)25/h1-8H,(H,24,25). The SMILES string of the molecule is O=C(O)c1ccc2ccccc2c1Oc1c([N+](=O)[O-])cc(C(F)(F)F)cc1[N+](=O)[O-]. The van der Waals surface area contributed by atoms with E-state index in [1.165, 1.54) is 18.2 Å². The van der Waals surface area contributed by atoms with Crippen molar-refractivity contribution in [2.45, 2.75) is 6.18 Å². The average molecular weight is 422 g/mol. The number of alkyl halides is 3. The second kappa shape index (κ2) is 7.31. The summed E-state index contributed by atoms with van der Waals surface area (Å²) in [6.45, 7) is 0. The van der Waals surface area contributed by atoms with Crippen LogP contribution in [0.3, 0.4) is 0 Å². The molecule has 0 atom stereocenters. The molecule has 12 heteroatoms. The minimum atomic E-state index is -5.10. The Morgan fingerprint density at radius 2 is 1.50 bits per heavy atom. The zero-order chi connectivity index (χ0) is 22.2. The number of carboxylic acid groups (broad SMARTS) is 1. The molecule has 30 heavy (non-hydrogen) atoms. The van der Waals surface area contributed by atoms with Crippen LogP contribution in [0.2, 0.25) is 0 Å². The average Bonchev–Trinajstić information content (AvgIpc) is 2.66. The number of halogens is 3. The number of carbonyl (C=O) groups is 1. The van der Waals surface area contributed by atoms with Crippen LogP contribution in [0.4, 0.5) is 24.5 Å². The number of carboxylic acids is 1. The van der Waals surface area contributed by atoms with Gasteiger partial charge in [0.15, 0.2) is 0 Å². The molecule has 0 aliphatic rings. The summed E-state index contributed by atoms with van der Waals surface area (Å²) in [6.07, 6.45) is -5.10. The highest BCUT2D eigenvalue weighted by atomic mass is 19.4. The molecule has 154 valence electrons. The smallest absolute Gasteiger partial charge is 0.416 e. The Bertz CT molecular complexity index is 1170. The van der Waals surface area contributed by atoms with Crippen LogP contribution < -0.4 is 4.74 Å². The van der Waals surface area contributed by atoms with Gasteiger partial charge in [-0.3, -0.25) is 20.2 Å². The summed E-state index contributed by atoms with van der Waals surface area (Å²) in [7, 11) is 0. The molecule has 3 aromatic rings. The molecule has 0 saturated carbocycles. The number of ether oxygens (including phenoxy) is 1. The molecule has 0 radical (unpaired) electrons. The molecule has 1 N–H and O–H groups in total. The van der Waals surface area contributed by atoms with Crippen molar-refractivity contribution < 1.29 is 37.7 Å². The Morgan fingerprint density at radius 3 is 2.00 bits per heavy atom. The number of fused-ring (bicyclic) bond motifs is 1. The van der Waals surface area contributed by atoms with E-state index in [4.69, 9.17) is 4.74 Å². The van der Waals surface area contributed by atoms with Gasteiger partial charge in [0.25, 0.3) is 5.75 Å². The van der Waals surface area contributed by atoms with Crippen molar-refractivity contribution >= 4 is 28.1 Å². The molecule has 3 aromatic carbocycles. The van der Waals surface area contributed by atoms with Gasteiger partial charge in [-0.2, -0.15) is 13.2 Å². The van der Waals surface area contributed by atoms with Crippen LogP contribution in [0.1, 0.15) is 15.9 Å². The molecular formula is C18H9F3N2O7. The molecule has 0 unspecified atom stereocenters. The number of rotatable bonds is 5. The third-order valence-electron chi connectivity index (χ3n) is 4.08. The summed E-state index contributed by atoms with van der Waals surface area (Å²) in [5.41, 5.74) is -4.77. The molecule has 0 aliphatic heterocycles. The molecule has 0 bridgehead atoms. The largest absolute Gasteiger partial charge is 0.478 e. The van der Waals surface area contributed by atoms with Crippen molar-refractivity contribution in [1.29, 1.82) is 0 Å². The number of nitrogens with zero attached hydrogens (tertiary/aromatic N) is 2. The van der Waals surface area contributed by atoms with Crippen LogP contribution in [-0.2, 0) is 6.18 Å². The number of nitro benzene ring substituents is 2. The van der Waals surface area contributed by atoms with Gasteiger partial charge in [0.1, 0.15) is 11.3 Å². The fourth-order valence-corrected chi connectivity index (χ4v) is 2.76. The van der Waals surface area contributed by atoms with Crippen molar-refractivity contribution in [3.8, 4) is 11.5 Å². The molecule has 0 amide bonds. The number of aromatic carboxylic acids is 1. The lowest BCUT2D eigenvalue weighted by molar-refractivity contribution is -0.396. The highest BCUT2D eigenvalue weighted by molar-refractivity contribution is 6.01. The summed E-state index contributed by atoms with van der Waals surface area (Å²) < 4.78 is 44.4. The fourth-order valence-electron chi connectivity index (χ4n) is 2.76. The van der Waals surface area contributed by atoms with E-state index in [-0.39, 0.29) is 17.5 Å². The zero-order valence-electron chi connectivity index (χ0n) is 14.5. The third kappa shape index (κ3) is 3.70. The van der Waals surface area contributed by atoms with Crippen LogP contribution in [0, 0.1) is 20.2 Å².